The van der Waals surface area contributed by atoms with Crippen molar-refractivity contribution in [2.24, 2.45) is 0 Å². The quantitative estimate of drug-likeness (QED) is 0.0272. The zero-order chi connectivity index (χ0) is 109. The van der Waals surface area contributed by atoms with Crippen LogP contribution in [0.2, 0.25) is 0 Å². The lowest BCUT2D eigenvalue weighted by molar-refractivity contribution is -0.399. The van der Waals surface area contributed by atoms with Crippen LogP contribution in [0.3, 0.4) is 0 Å². The second kappa shape index (κ2) is 53.4. The molecule has 0 aliphatic carbocycles. The average molecular weight is 2170 g/mol. The second-order valence-corrected chi connectivity index (χ2v) is 37.3. The highest BCUT2D eigenvalue weighted by Gasteiger charge is 2.64. The summed E-state index contributed by atoms with van der Waals surface area (Å²) in [5, 5.41) is 383. The number of rotatable bonds is 39. The number of aliphatic hydroxyl groups excluding tert-OH is 33. The average Bonchev–Trinajstić information content (AvgIpc) is 0.764. The Morgan fingerprint density at radius 3 is 0.655 bits per heavy atom. The van der Waals surface area contributed by atoms with Crippen molar-refractivity contribution in [2.75, 3.05) is 79.3 Å². The maximum absolute atomic E-state index is 13.4. The van der Waals surface area contributed by atoms with E-state index in [0.29, 0.717) is 0 Å². The van der Waals surface area contributed by atoms with Gasteiger partial charge in [0.1, 0.15) is 293 Å². The lowest BCUT2D eigenvalue weighted by Crippen LogP contribution is -2.71. The van der Waals surface area contributed by atoms with E-state index in [0.717, 1.165) is 34.6 Å². The van der Waals surface area contributed by atoms with E-state index in [9.17, 15) is 192 Å². The Hall–Kier alpha value is -4.89. The fourth-order valence-corrected chi connectivity index (χ4v) is 19.3. The molecule has 12 fully saturated rings. The number of amides is 5. The Bertz CT molecular complexity index is 4130. The third-order valence-corrected chi connectivity index (χ3v) is 27.1. The van der Waals surface area contributed by atoms with Crippen LogP contribution in [0, 0.1) is 0 Å². The molecular weight excluding hydrogens is 2030 g/mol. The predicted octanol–water partition coefficient (Wildman–Crippen LogP) is -26.4. The second-order valence-electron chi connectivity index (χ2n) is 37.3. The van der Waals surface area contributed by atoms with E-state index in [4.69, 9.17) is 109 Å². The highest BCUT2D eigenvalue weighted by Crippen LogP contribution is 2.43. The summed E-state index contributed by atoms with van der Waals surface area (Å²) < 4.78 is 137. The van der Waals surface area contributed by atoms with E-state index in [2.05, 4.69) is 26.6 Å². The molecule has 12 rings (SSSR count). The van der Waals surface area contributed by atoms with Crippen molar-refractivity contribution >= 4 is 29.5 Å². The number of carbonyl (C=O) groups excluding carboxylic acids is 5. The minimum absolute atomic E-state index is 0.822. The summed E-state index contributed by atoms with van der Waals surface area (Å²) >= 11 is 0. The molecule has 0 unspecified atom stereocenters. The van der Waals surface area contributed by atoms with Gasteiger partial charge >= 0.3 is 0 Å². The molecule has 0 radical (unpaired) electrons. The molecular formula is C82H137N5O61. The Morgan fingerprint density at radius 1 is 0.176 bits per heavy atom. The highest BCUT2D eigenvalue weighted by molar-refractivity contribution is 5.75. The molecule has 5 amide bonds. The first-order chi connectivity index (χ1) is 70.1. The molecule has 60 atom stereocenters. The van der Waals surface area contributed by atoms with Crippen molar-refractivity contribution in [3.63, 3.8) is 0 Å². The van der Waals surface area contributed by atoms with Crippen LogP contribution in [-0.4, -0.2) is 645 Å². The minimum atomic E-state index is -2.66. The van der Waals surface area contributed by atoms with E-state index in [1.165, 1.54) is 0 Å². The van der Waals surface area contributed by atoms with E-state index >= 15 is 0 Å². The van der Waals surface area contributed by atoms with Crippen LogP contribution in [0.15, 0.2) is 0 Å². The first-order valence-corrected chi connectivity index (χ1v) is 47.2. The van der Waals surface area contributed by atoms with Crippen molar-refractivity contribution in [2.45, 2.75) is 403 Å². The molecule has 856 valence electrons. The Morgan fingerprint density at radius 2 is 0.365 bits per heavy atom. The molecule has 0 aromatic rings. The third-order valence-electron chi connectivity index (χ3n) is 27.1. The monoisotopic (exact) mass is 2170 g/mol. The molecule has 0 bridgehead atoms. The Kier molecular flexibility index (Phi) is 43.9. The van der Waals surface area contributed by atoms with Crippen LogP contribution in [0.5, 0.6) is 0 Å². The predicted molar refractivity (Wildman–Crippen MR) is 453 cm³/mol. The maximum Gasteiger partial charge on any atom is 0.217 e. The summed E-state index contributed by atoms with van der Waals surface area (Å²) in [7, 11) is 0. The smallest absolute Gasteiger partial charge is 0.217 e. The molecule has 0 aromatic heterocycles. The van der Waals surface area contributed by atoms with Gasteiger partial charge in [-0.1, -0.05) is 0 Å². The molecule has 0 saturated carbocycles. The number of hydrogen-bond acceptors (Lipinski definition) is 61. The number of aliphatic hydroxyl groups is 33. The highest BCUT2D eigenvalue weighted by atomic mass is 16.8. The lowest BCUT2D eigenvalue weighted by Gasteiger charge is -2.51. The third kappa shape index (κ3) is 26.7. The van der Waals surface area contributed by atoms with Crippen molar-refractivity contribution < 1.29 is 301 Å². The van der Waals surface area contributed by atoms with Gasteiger partial charge in [-0.2, -0.15) is 0 Å². The normalized spacial score (nSPS) is 49.3. The van der Waals surface area contributed by atoms with E-state index in [-0.39, 0.29) is 0 Å². The minimum Gasteiger partial charge on any atom is -0.394 e. The van der Waals surface area contributed by atoms with E-state index in [1.807, 2.05) is 0 Å². The van der Waals surface area contributed by atoms with Crippen LogP contribution >= 0.6 is 0 Å². The standard InChI is InChI=1S/C82H137N5O61/c1-18(99)83-35-47(111)61(29(12-94)127-71(35)125)139-72-36(84-19(2)100)48(112)65(31(14-96)134-72)143-80-60(124)68(146-82-70(55(119)43(107)26(9-91)133-82)148-75-39(87-22(5)103)50(114)62(30(13-95)137-75)140-76-56(120)52(116)40(104)23(6-88)128-76)46(110)34(138-80)17-126-81-69(54(118)42(106)25(8-90)132-81)147-74-38(86-21(4)102)51(115)64(33(16-98)136-74)141-78-58(122)66(44(108)27(10-92)130-78)144-73-37(85-20(3)101)49(113)63(32(15-97)135-73)142-79-59(123)67(45(109)28(11-93)131-79)145-77-57(121)53(117)41(105)24(7-89)129-77/h23-82,88-98,104-125H,6-17H2,1-5H3,(H,83,99)(H,84,100)(H,85,101)(H,86,102)(H,87,103)/t23-,24-,25-,26-,27-,28-,29-,30-,31-,32-,33-,34-,35-,36-,37-,38-,39-,40+,41+,42-,43-,44+,45+,46-,47-,48-,49-,50-,51-,52+,53+,54+,55+,56-,57-,58-,59-,60+,61-,62-,63-,64-,65-,66+,67+,68+,69+,70+,71-,72+,73+,74+,75+,76+,77-,78+,79+,80+,81+,82-/m1/s1. The number of nitrogens with one attached hydrogen (secondary N) is 5. The largest absolute Gasteiger partial charge is 0.394 e. The van der Waals surface area contributed by atoms with Crippen molar-refractivity contribution in [1.82, 2.24) is 26.6 Å². The summed E-state index contributed by atoms with van der Waals surface area (Å²) in [6.07, 6.45) is -118. The van der Waals surface area contributed by atoms with Crippen LogP contribution in [0.25, 0.3) is 0 Å². The molecule has 66 nitrogen and oxygen atoms in total. The van der Waals surface area contributed by atoms with Gasteiger partial charge in [0, 0.05) is 34.6 Å². The molecule has 0 aromatic carbocycles. The summed E-state index contributed by atoms with van der Waals surface area (Å²) in [5.74, 6) is -4.84. The van der Waals surface area contributed by atoms with Crippen molar-refractivity contribution in [3.8, 4) is 0 Å². The van der Waals surface area contributed by atoms with Gasteiger partial charge in [0.15, 0.2) is 75.5 Å². The lowest BCUT2D eigenvalue weighted by atomic mass is 9.93. The van der Waals surface area contributed by atoms with E-state index < -0.39 is 477 Å². The van der Waals surface area contributed by atoms with Gasteiger partial charge in [0.25, 0.3) is 0 Å². The first kappa shape index (κ1) is 122. The van der Waals surface area contributed by atoms with Gasteiger partial charge in [0.2, 0.25) is 29.5 Å². The number of carbonyl (C=O) groups is 5. The van der Waals surface area contributed by atoms with Gasteiger partial charge in [-0.15, -0.1) is 0 Å². The number of ether oxygens (including phenoxy) is 23. The van der Waals surface area contributed by atoms with Gasteiger partial charge < -0.3 is 304 Å². The van der Waals surface area contributed by atoms with Crippen molar-refractivity contribution in [1.29, 1.82) is 0 Å². The summed E-state index contributed by atoms with van der Waals surface area (Å²) in [6, 6.07) is -9.79. The fraction of sp³-hybridized carbons (Fsp3) is 0.939. The fourth-order valence-electron chi connectivity index (χ4n) is 19.3. The van der Waals surface area contributed by atoms with Crippen LogP contribution in [0.1, 0.15) is 34.6 Å². The molecule has 12 saturated heterocycles. The SMILES string of the molecule is CC(=O)N[C@@H]1[C@@H](O)[C@H](O[C@@H]2O[C@H](CO)[C@@H](O[C@@H]3O[C@H](CO[C@H]4O[C@H](CO)[C@@H](O)[C@H](O)[C@@H]4O[C@@H]4O[C@H](CO)[C@@H](O[C@@H]5O[C@H](CO)[C@H](O)[C@H](O[C@@H]6O[C@H](CO)[C@@H](O[C@@H]7O[C@H](CO)[C@H](O)[C@H](O[C@H]8O[C@H](CO)[C@H](O)[C@H](O)[C@H]8O)[C@H]7O)[C@H](O)[C@H]6NC(C)=O)[C@H]5O)[C@H](O)[C@H]4NC(C)=O)[C@@H](O)[C@H](O[C@H]4O[C@H](CO)[C@@H](O)[C@H](O)[C@@H]4O[C@@H]4O[C@H](CO)[C@@H](O[C@@H]5O[C@H](CO)[C@H](O)[C@H](O)[C@H]5O)[C@H](O)[C@H]4NC(C)=O)[C@@H]3O)[C@H](O)[C@H]2NC(C)=O)[C@@H](CO)O[C@H]1O. The number of hydrogen-bond donors (Lipinski definition) is 38. The van der Waals surface area contributed by atoms with Crippen LogP contribution in [0.4, 0.5) is 0 Å². The molecule has 12 heterocycles. The van der Waals surface area contributed by atoms with Gasteiger partial charge in [-0.3, -0.25) is 24.0 Å². The molecule has 38 N–H and O–H groups in total. The summed E-state index contributed by atoms with van der Waals surface area (Å²) in [6.45, 7) is -9.35. The van der Waals surface area contributed by atoms with Crippen LogP contribution in [-0.2, 0) is 133 Å². The molecule has 12 aliphatic rings. The Labute approximate surface area is 837 Å². The summed E-state index contributed by atoms with van der Waals surface area (Å²) in [4.78, 5) is 64.9. The van der Waals surface area contributed by atoms with Gasteiger partial charge in [-0.25, -0.2) is 0 Å². The van der Waals surface area contributed by atoms with Gasteiger partial charge in [-0.05, 0) is 0 Å². The molecule has 12 aliphatic heterocycles. The topological polar surface area (TPSA) is 1030 Å². The van der Waals surface area contributed by atoms with Crippen LogP contribution < -0.4 is 26.6 Å². The zero-order valence-electron chi connectivity index (χ0n) is 79.3. The van der Waals surface area contributed by atoms with E-state index in [1.54, 1.807) is 0 Å². The van der Waals surface area contributed by atoms with Crippen molar-refractivity contribution in [3.05, 3.63) is 0 Å². The molecule has 148 heavy (non-hydrogen) atoms. The van der Waals surface area contributed by atoms with Gasteiger partial charge in [0.05, 0.1) is 79.3 Å². The molecule has 0 spiro atoms. The maximum atomic E-state index is 13.4. The summed E-state index contributed by atoms with van der Waals surface area (Å²) in [5.41, 5.74) is 0. The Balaban J connectivity index is 0.816. The molecule has 66 heteroatoms. The zero-order valence-corrected chi connectivity index (χ0v) is 79.3. The first-order valence-electron chi connectivity index (χ1n) is 47.2.